The second kappa shape index (κ2) is 15.7. The van der Waals surface area contributed by atoms with Crippen molar-refractivity contribution in [3.63, 3.8) is 0 Å². The van der Waals surface area contributed by atoms with E-state index in [-0.39, 0.29) is 17.2 Å². The lowest BCUT2D eigenvalue weighted by molar-refractivity contribution is -0.124. The quantitative estimate of drug-likeness (QED) is 0.253. The summed E-state index contributed by atoms with van der Waals surface area (Å²) in [6.45, 7) is 13.8. The number of benzene rings is 3. The molecule has 3 aromatic carbocycles. The molecule has 0 aromatic heterocycles. The van der Waals surface area contributed by atoms with Crippen molar-refractivity contribution in [1.29, 1.82) is 0 Å². The van der Waals surface area contributed by atoms with Gasteiger partial charge in [0.2, 0.25) is 0 Å². The van der Waals surface area contributed by atoms with E-state index in [1.165, 1.54) is 32.7 Å². The number of anilines is 3. The molecular weight excluding hydrogens is 649 g/mol. The number of allylic oxidation sites excluding steroid dienone is 3. The van der Waals surface area contributed by atoms with Crippen molar-refractivity contribution in [2.75, 3.05) is 69.7 Å². The van der Waals surface area contributed by atoms with Gasteiger partial charge in [-0.1, -0.05) is 62.4 Å². The first-order chi connectivity index (χ1) is 24.8. The summed E-state index contributed by atoms with van der Waals surface area (Å²) >= 11 is 0. The lowest BCUT2D eigenvalue weighted by Crippen LogP contribution is -2.27. The molecule has 0 N–H and O–H groups in total. The minimum atomic E-state index is -0.139. The van der Waals surface area contributed by atoms with Gasteiger partial charge in [-0.3, -0.25) is 9.59 Å². The van der Waals surface area contributed by atoms with Gasteiger partial charge in [-0.25, -0.2) is 5.01 Å². The zero-order valence-corrected chi connectivity index (χ0v) is 32.3. The molecule has 10 nitrogen and oxygen atoms in total. The third-order valence-electron chi connectivity index (χ3n) is 9.57. The van der Waals surface area contributed by atoms with Crippen LogP contribution in [0.1, 0.15) is 45.7 Å². The number of likely N-dealkylation sites (N-methyl/N-ethyl adjacent to an activating group) is 4. The summed E-state index contributed by atoms with van der Waals surface area (Å²) in [5.41, 5.74) is 7.78. The predicted molar refractivity (Wildman–Crippen MR) is 216 cm³/mol. The normalized spacial score (nSPS) is 18.5. The fraction of sp³-hybridized carbons (Fsp3) is 0.333. The molecular formula is C42H52N8O2. The van der Waals surface area contributed by atoms with Crippen molar-refractivity contribution < 1.29 is 9.59 Å². The second-order valence-corrected chi connectivity index (χ2v) is 13.8. The van der Waals surface area contributed by atoms with Gasteiger partial charge in [-0.05, 0) is 80.5 Å². The maximum Gasteiger partial charge on any atom is 0.282 e. The maximum atomic E-state index is 13.2. The highest BCUT2D eigenvalue weighted by Crippen LogP contribution is 2.47. The van der Waals surface area contributed by atoms with Crippen LogP contribution >= 0.6 is 0 Å². The fourth-order valence-corrected chi connectivity index (χ4v) is 6.77. The number of carbonyl (C=O) groups is 2. The molecule has 6 rings (SSSR count). The molecule has 0 radical (unpaired) electrons. The van der Waals surface area contributed by atoms with E-state index in [0.29, 0.717) is 22.8 Å². The molecule has 0 atom stereocenters. The number of nitrogens with zero attached hydrogens (tertiary/aromatic N) is 8. The number of hydrazone groups is 2. The van der Waals surface area contributed by atoms with E-state index >= 15 is 0 Å². The zero-order valence-electron chi connectivity index (χ0n) is 32.3. The zero-order chi connectivity index (χ0) is 37.7. The highest BCUT2D eigenvalue weighted by molar-refractivity contribution is 6.29. The number of carbonyl (C=O) groups excluding carboxylic acids is 2. The van der Waals surface area contributed by atoms with Gasteiger partial charge in [0.1, 0.15) is 0 Å². The Labute approximate surface area is 309 Å². The lowest BCUT2D eigenvalue weighted by atomic mass is 9.83. The Bertz CT molecular complexity index is 1930. The largest absolute Gasteiger partial charge is 0.372 e. The average Bonchev–Trinajstić information content (AvgIpc) is 3.70. The van der Waals surface area contributed by atoms with Crippen molar-refractivity contribution in [3.8, 4) is 0 Å². The van der Waals surface area contributed by atoms with Crippen LogP contribution in [0.3, 0.4) is 0 Å². The minimum Gasteiger partial charge on any atom is -0.372 e. The van der Waals surface area contributed by atoms with Crippen LogP contribution in [-0.4, -0.2) is 93.2 Å². The van der Waals surface area contributed by atoms with Crippen molar-refractivity contribution in [1.82, 2.24) is 14.8 Å². The van der Waals surface area contributed by atoms with E-state index in [2.05, 4.69) is 97.1 Å². The molecule has 0 saturated carbocycles. The molecule has 3 aromatic rings. The van der Waals surface area contributed by atoms with Gasteiger partial charge in [0.05, 0.1) is 16.8 Å². The van der Waals surface area contributed by atoms with Crippen LogP contribution in [-0.2, 0) is 15.0 Å². The smallest absolute Gasteiger partial charge is 0.282 e. The van der Waals surface area contributed by atoms with E-state index in [0.717, 1.165) is 30.9 Å². The maximum absolute atomic E-state index is 13.2. The number of amides is 2. The van der Waals surface area contributed by atoms with Crippen LogP contribution in [0.2, 0.25) is 0 Å². The standard InChI is InChI=1S/C25H28N4O.C17H24N4O/c1-6-28-21-15-11-10-14-20(21)25(2,3)22(28)17-16-19-23(27(4)5)26-29(24(19)30)18-12-8-7-9-13-18;1-6-21(7-2)14-10-8-13(9-11-14)12-15-16(19(3)4)18-20(5)17(15)22/h7-17H,6H2,1-5H3;8-12H,6-7H2,1-5H3. The average molecular weight is 701 g/mol. The number of hydrogen-bond acceptors (Lipinski definition) is 8. The van der Waals surface area contributed by atoms with Gasteiger partial charge in [0.25, 0.3) is 11.8 Å². The van der Waals surface area contributed by atoms with Gasteiger partial charge in [0.15, 0.2) is 11.7 Å². The molecule has 0 spiro atoms. The van der Waals surface area contributed by atoms with Gasteiger partial charge < -0.3 is 19.6 Å². The lowest BCUT2D eigenvalue weighted by Gasteiger charge is -2.26. The number of amidine groups is 2. The van der Waals surface area contributed by atoms with Crippen LogP contribution in [0.25, 0.3) is 6.08 Å². The summed E-state index contributed by atoms with van der Waals surface area (Å²) in [5.74, 6) is 1.17. The van der Waals surface area contributed by atoms with Crippen LogP contribution < -0.4 is 14.8 Å². The monoisotopic (exact) mass is 700 g/mol. The van der Waals surface area contributed by atoms with Crippen LogP contribution in [0.5, 0.6) is 0 Å². The second-order valence-electron chi connectivity index (χ2n) is 13.8. The Morgan fingerprint density at radius 1 is 0.712 bits per heavy atom. The third-order valence-corrected chi connectivity index (χ3v) is 9.57. The molecule has 0 aliphatic carbocycles. The van der Waals surface area contributed by atoms with Gasteiger partial charge >= 0.3 is 0 Å². The molecule has 0 fully saturated rings. The highest BCUT2D eigenvalue weighted by atomic mass is 16.2. The number of hydrogen-bond donors (Lipinski definition) is 0. The molecule has 3 aliphatic heterocycles. The van der Waals surface area contributed by atoms with E-state index < -0.39 is 0 Å². The van der Waals surface area contributed by atoms with Crippen LogP contribution in [0.15, 0.2) is 118 Å². The molecule has 3 aliphatic rings. The Morgan fingerprint density at radius 2 is 1.31 bits per heavy atom. The third kappa shape index (κ3) is 7.37. The van der Waals surface area contributed by atoms with Crippen LogP contribution in [0, 0.1) is 0 Å². The summed E-state index contributed by atoms with van der Waals surface area (Å²) in [4.78, 5) is 33.8. The van der Waals surface area contributed by atoms with Crippen molar-refractivity contribution in [3.05, 3.63) is 119 Å². The Balaban J connectivity index is 0.000000212. The number of para-hydroxylation sites is 2. The first-order valence-electron chi connectivity index (χ1n) is 17.9. The molecule has 272 valence electrons. The van der Waals surface area contributed by atoms with E-state index in [4.69, 9.17) is 0 Å². The van der Waals surface area contributed by atoms with E-state index in [1.807, 2.05) is 92.6 Å². The Hall–Kier alpha value is -5.64. The first-order valence-corrected chi connectivity index (χ1v) is 17.9. The van der Waals surface area contributed by atoms with Gasteiger partial charge in [0, 0.05) is 77.4 Å². The molecule has 52 heavy (non-hydrogen) atoms. The van der Waals surface area contributed by atoms with Crippen LogP contribution in [0.4, 0.5) is 17.1 Å². The fourth-order valence-electron chi connectivity index (χ4n) is 6.77. The van der Waals surface area contributed by atoms with E-state index in [1.54, 1.807) is 7.05 Å². The molecule has 10 heteroatoms. The van der Waals surface area contributed by atoms with Gasteiger partial charge in [-0.15, -0.1) is 5.10 Å². The SMILES string of the molecule is CCN(CC)c1ccc(C=C2C(=O)N(C)N=C2N(C)C)cc1.CCN1C(=CC=C2C(=O)N(c3ccccc3)N=C2N(C)C)C(C)(C)c2ccccc21. The minimum absolute atomic E-state index is 0.0727. The summed E-state index contributed by atoms with van der Waals surface area (Å²) in [6, 6.07) is 26.3. The summed E-state index contributed by atoms with van der Waals surface area (Å²) < 4.78 is 0. The number of fused-ring (bicyclic) bond motifs is 1. The first kappa shape index (κ1) is 37.6. The van der Waals surface area contributed by atoms with Crippen molar-refractivity contribution >= 4 is 46.6 Å². The topological polar surface area (TPSA) is 78.3 Å². The summed E-state index contributed by atoms with van der Waals surface area (Å²) in [6.07, 6.45) is 5.91. The molecule has 3 heterocycles. The molecule has 0 bridgehead atoms. The number of rotatable bonds is 7. The summed E-state index contributed by atoms with van der Waals surface area (Å²) in [5, 5.41) is 11.7. The summed E-state index contributed by atoms with van der Waals surface area (Å²) in [7, 11) is 9.28. The van der Waals surface area contributed by atoms with Crippen molar-refractivity contribution in [2.45, 2.75) is 40.0 Å². The Morgan fingerprint density at radius 3 is 1.90 bits per heavy atom. The predicted octanol–water partition coefficient (Wildman–Crippen LogP) is 6.80. The molecule has 0 saturated heterocycles. The highest BCUT2D eigenvalue weighted by Gasteiger charge is 2.39. The molecule has 0 unspecified atom stereocenters. The van der Waals surface area contributed by atoms with Gasteiger partial charge in [-0.2, -0.15) is 10.1 Å². The Kier molecular flexibility index (Phi) is 11.4. The van der Waals surface area contributed by atoms with E-state index in [9.17, 15) is 9.59 Å². The van der Waals surface area contributed by atoms with Crippen molar-refractivity contribution in [2.24, 2.45) is 10.2 Å². The molecule has 2 amide bonds.